The summed E-state index contributed by atoms with van der Waals surface area (Å²) in [7, 11) is 0. The Bertz CT molecular complexity index is 483. The fourth-order valence-corrected chi connectivity index (χ4v) is 1.81. The van der Waals surface area contributed by atoms with Gasteiger partial charge in [-0.15, -0.1) is 0 Å². The van der Waals surface area contributed by atoms with Gasteiger partial charge in [-0.3, -0.25) is 0 Å². The summed E-state index contributed by atoms with van der Waals surface area (Å²) in [5.74, 6) is -1.10. The lowest BCUT2D eigenvalue weighted by Gasteiger charge is -2.14. The first-order valence-electron chi connectivity index (χ1n) is 5.26. The molecular formula is C12H13NO4. The topological polar surface area (TPSA) is 75.6 Å². The van der Waals surface area contributed by atoms with Crippen molar-refractivity contribution in [3.63, 3.8) is 0 Å². The van der Waals surface area contributed by atoms with E-state index in [4.69, 9.17) is 9.84 Å². The number of aliphatic carboxylic acids is 1. The van der Waals surface area contributed by atoms with E-state index < -0.39 is 24.2 Å². The van der Waals surface area contributed by atoms with Crippen LogP contribution in [-0.2, 0) is 9.53 Å². The molecule has 1 aliphatic rings. The molecule has 17 heavy (non-hydrogen) atoms. The Morgan fingerprint density at radius 3 is 2.65 bits per heavy atom. The van der Waals surface area contributed by atoms with Gasteiger partial charge in [0.1, 0.15) is 0 Å². The molecule has 90 valence electrons. The van der Waals surface area contributed by atoms with E-state index in [1.54, 1.807) is 6.07 Å². The molecule has 1 amide bonds. The molecule has 2 N–H and O–H groups in total. The van der Waals surface area contributed by atoms with Gasteiger partial charge in [-0.2, -0.15) is 0 Å². The fraction of sp³-hybridized carbons (Fsp3) is 0.333. The average molecular weight is 235 g/mol. The summed E-state index contributed by atoms with van der Waals surface area (Å²) in [5, 5.41) is 11.3. The number of carboxylic acid groups (broad SMARTS) is 1. The van der Waals surface area contributed by atoms with Gasteiger partial charge in [0.25, 0.3) is 0 Å². The number of carbonyl (C=O) groups excluding carboxylic acids is 1. The zero-order valence-corrected chi connectivity index (χ0v) is 9.56. The molecule has 0 aliphatic carbocycles. The molecule has 1 saturated heterocycles. The summed E-state index contributed by atoms with van der Waals surface area (Å²) in [5.41, 5.74) is 2.84. The number of hydrogen-bond acceptors (Lipinski definition) is 3. The number of hydrogen-bond donors (Lipinski definition) is 2. The number of nitrogens with one attached hydrogen (secondary N) is 1. The molecule has 1 aromatic rings. The second kappa shape index (κ2) is 4.08. The number of rotatable bonds is 2. The van der Waals surface area contributed by atoms with Crippen LogP contribution in [0.2, 0.25) is 0 Å². The summed E-state index contributed by atoms with van der Waals surface area (Å²) in [6, 6.07) is 4.49. The molecule has 0 spiro atoms. The van der Waals surface area contributed by atoms with Gasteiger partial charge < -0.3 is 15.2 Å². The van der Waals surface area contributed by atoms with Crippen molar-refractivity contribution in [2.45, 2.75) is 26.0 Å². The third-order valence-corrected chi connectivity index (χ3v) is 2.94. The SMILES string of the molecule is Cc1ccc(C2OC(=O)NC2C(=O)O)cc1C. The van der Waals surface area contributed by atoms with E-state index in [2.05, 4.69) is 5.32 Å². The Labute approximate surface area is 98.4 Å². The number of carboxylic acids is 1. The standard InChI is InChI=1S/C12H13NO4/c1-6-3-4-8(5-7(6)2)10-9(11(14)15)13-12(16)17-10/h3-5,9-10H,1-2H3,(H,13,16)(H,14,15). The molecule has 0 saturated carbocycles. The van der Waals surface area contributed by atoms with Gasteiger partial charge >= 0.3 is 12.1 Å². The molecule has 5 nitrogen and oxygen atoms in total. The van der Waals surface area contributed by atoms with Crippen LogP contribution in [0.3, 0.4) is 0 Å². The van der Waals surface area contributed by atoms with Gasteiger partial charge in [0.15, 0.2) is 12.1 Å². The van der Waals surface area contributed by atoms with Crippen LogP contribution in [0.4, 0.5) is 4.79 Å². The highest BCUT2D eigenvalue weighted by molar-refractivity contribution is 5.84. The van der Waals surface area contributed by atoms with E-state index in [1.807, 2.05) is 26.0 Å². The zero-order chi connectivity index (χ0) is 12.6. The number of benzene rings is 1. The maximum absolute atomic E-state index is 11.1. The lowest BCUT2D eigenvalue weighted by Crippen LogP contribution is -2.35. The van der Waals surface area contributed by atoms with Crippen molar-refractivity contribution in [3.8, 4) is 0 Å². The molecule has 5 heteroatoms. The van der Waals surface area contributed by atoms with Gasteiger partial charge in [0, 0.05) is 0 Å². The molecule has 0 bridgehead atoms. The average Bonchev–Trinajstić information content (AvgIpc) is 2.64. The maximum Gasteiger partial charge on any atom is 0.408 e. The number of amides is 1. The smallest absolute Gasteiger partial charge is 0.408 e. The molecule has 0 aromatic heterocycles. The minimum Gasteiger partial charge on any atom is -0.480 e. The van der Waals surface area contributed by atoms with Gasteiger partial charge in [-0.05, 0) is 30.5 Å². The fourth-order valence-electron chi connectivity index (χ4n) is 1.81. The third kappa shape index (κ3) is 2.08. The third-order valence-electron chi connectivity index (χ3n) is 2.94. The van der Waals surface area contributed by atoms with Gasteiger partial charge in [0.05, 0.1) is 0 Å². The minimum atomic E-state index is -1.10. The lowest BCUT2D eigenvalue weighted by molar-refractivity contribution is -0.140. The second-order valence-electron chi connectivity index (χ2n) is 4.13. The summed E-state index contributed by atoms with van der Waals surface area (Å²) in [6.45, 7) is 3.89. The summed E-state index contributed by atoms with van der Waals surface area (Å²) < 4.78 is 4.99. The van der Waals surface area contributed by atoms with Gasteiger partial charge in [0.2, 0.25) is 0 Å². The van der Waals surface area contributed by atoms with Gasteiger partial charge in [-0.1, -0.05) is 18.2 Å². The van der Waals surface area contributed by atoms with Crippen molar-refractivity contribution < 1.29 is 19.4 Å². The minimum absolute atomic E-state index is 0.693. The molecule has 1 aromatic carbocycles. The first-order chi connectivity index (χ1) is 7.99. The van der Waals surface area contributed by atoms with Crippen LogP contribution in [0.15, 0.2) is 18.2 Å². The molecule has 1 aliphatic heterocycles. The van der Waals surface area contributed by atoms with Crippen molar-refractivity contribution >= 4 is 12.1 Å². The molecule has 2 atom stereocenters. The van der Waals surface area contributed by atoms with Crippen LogP contribution in [-0.4, -0.2) is 23.2 Å². The number of alkyl carbamates (subject to hydrolysis) is 1. The maximum atomic E-state index is 11.1. The van der Waals surface area contributed by atoms with Crippen molar-refractivity contribution in [1.29, 1.82) is 0 Å². The Kier molecular flexibility index (Phi) is 2.75. The van der Waals surface area contributed by atoms with E-state index >= 15 is 0 Å². The quantitative estimate of drug-likeness (QED) is 0.815. The Balaban J connectivity index is 2.34. The van der Waals surface area contributed by atoms with Crippen LogP contribution in [0.1, 0.15) is 22.8 Å². The summed E-state index contributed by atoms with van der Waals surface area (Å²) in [6.07, 6.45) is -1.46. The van der Waals surface area contributed by atoms with E-state index in [0.29, 0.717) is 5.56 Å². The Hall–Kier alpha value is -2.04. The van der Waals surface area contributed by atoms with Crippen LogP contribution in [0, 0.1) is 13.8 Å². The second-order valence-corrected chi connectivity index (χ2v) is 4.13. The predicted molar refractivity (Wildman–Crippen MR) is 59.7 cm³/mol. The lowest BCUT2D eigenvalue weighted by atomic mass is 9.99. The Morgan fingerprint density at radius 1 is 1.35 bits per heavy atom. The van der Waals surface area contributed by atoms with E-state index in [-0.39, 0.29) is 0 Å². The van der Waals surface area contributed by atoms with Crippen molar-refractivity contribution in [2.24, 2.45) is 0 Å². The Morgan fingerprint density at radius 2 is 2.06 bits per heavy atom. The largest absolute Gasteiger partial charge is 0.480 e. The van der Waals surface area contributed by atoms with Crippen LogP contribution >= 0.6 is 0 Å². The first kappa shape index (κ1) is 11.4. The molecule has 2 unspecified atom stereocenters. The molecule has 0 radical (unpaired) electrons. The number of carbonyl (C=O) groups is 2. The predicted octanol–water partition coefficient (Wildman–Crippen LogP) is 1.54. The molecular weight excluding hydrogens is 222 g/mol. The zero-order valence-electron chi connectivity index (χ0n) is 9.56. The van der Waals surface area contributed by atoms with Gasteiger partial charge in [-0.25, -0.2) is 9.59 Å². The highest BCUT2D eigenvalue weighted by atomic mass is 16.6. The highest BCUT2D eigenvalue weighted by Crippen LogP contribution is 2.27. The molecule has 1 heterocycles. The van der Waals surface area contributed by atoms with Crippen LogP contribution in [0.25, 0.3) is 0 Å². The van der Waals surface area contributed by atoms with Crippen molar-refractivity contribution in [2.75, 3.05) is 0 Å². The van der Waals surface area contributed by atoms with E-state index in [0.717, 1.165) is 11.1 Å². The van der Waals surface area contributed by atoms with E-state index in [1.165, 1.54) is 0 Å². The van der Waals surface area contributed by atoms with E-state index in [9.17, 15) is 9.59 Å². The monoisotopic (exact) mass is 235 g/mol. The number of aryl methyl sites for hydroxylation is 2. The normalized spacial score (nSPS) is 23.1. The summed E-state index contributed by atoms with van der Waals surface area (Å²) >= 11 is 0. The van der Waals surface area contributed by atoms with Crippen molar-refractivity contribution in [3.05, 3.63) is 34.9 Å². The number of cyclic esters (lactones) is 1. The summed E-state index contributed by atoms with van der Waals surface area (Å²) in [4.78, 5) is 22.1. The molecule has 2 rings (SSSR count). The first-order valence-corrected chi connectivity index (χ1v) is 5.26. The van der Waals surface area contributed by atoms with Crippen LogP contribution < -0.4 is 5.32 Å². The molecule has 1 fully saturated rings. The number of ether oxygens (including phenoxy) is 1. The highest BCUT2D eigenvalue weighted by Gasteiger charge is 2.40. The van der Waals surface area contributed by atoms with Crippen LogP contribution in [0.5, 0.6) is 0 Å². The van der Waals surface area contributed by atoms with Crippen molar-refractivity contribution in [1.82, 2.24) is 5.32 Å².